The molecule has 4 rings (SSSR count). The summed E-state index contributed by atoms with van der Waals surface area (Å²) < 4.78 is 6.80. The molecule has 0 radical (unpaired) electrons. The fourth-order valence-corrected chi connectivity index (χ4v) is 4.52. The largest absolute Gasteiger partial charge is 0.494 e. The molecule has 2 aromatic carbocycles. The van der Waals surface area contributed by atoms with Crippen LogP contribution < -0.4 is 15.6 Å². The Hall–Kier alpha value is -3.78. The van der Waals surface area contributed by atoms with Gasteiger partial charge in [-0.05, 0) is 37.6 Å². The highest BCUT2D eigenvalue weighted by Crippen LogP contribution is 2.33. The van der Waals surface area contributed by atoms with Gasteiger partial charge in [0, 0.05) is 18.2 Å². The topological polar surface area (TPSA) is 86.1 Å². The molecule has 0 saturated heterocycles. The molecule has 174 valence electrons. The van der Waals surface area contributed by atoms with E-state index in [4.69, 9.17) is 4.74 Å². The van der Waals surface area contributed by atoms with Crippen LogP contribution in [0.25, 0.3) is 21.1 Å². The number of nitrogens with one attached hydrogen (secondary N) is 1. The van der Waals surface area contributed by atoms with E-state index in [9.17, 15) is 9.59 Å². The minimum Gasteiger partial charge on any atom is -0.494 e. The predicted octanol–water partition coefficient (Wildman–Crippen LogP) is 4.10. The van der Waals surface area contributed by atoms with E-state index < -0.39 is 0 Å². The van der Waals surface area contributed by atoms with Gasteiger partial charge in [0.25, 0.3) is 5.56 Å². The van der Waals surface area contributed by atoms with Gasteiger partial charge in [0.05, 0.1) is 30.1 Å². The number of aryl methyl sites for hydroxylation is 1. The van der Waals surface area contributed by atoms with Crippen LogP contribution in [-0.2, 0) is 17.8 Å². The van der Waals surface area contributed by atoms with Crippen molar-refractivity contribution >= 4 is 17.2 Å². The average molecular weight is 475 g/mol. The Morgan fingerprint density at radius 1 is 1.06 bits per heavy atom. The normalized spacial score (nSPS) is 10.8. The lowest BCUT2D eigenvalue weighted by atomic mass is 10.1. The second-order valence-corrected chi connectivity index (χ2v) is 8.68. The number of hydrogen-bond donors (Lipinski definition) is 1. The molecule has 7 nitrogen and oxygen atoms in total. The Morgan fingerprint density at radius 2 is 1.82 bits per heavy atom. The van der Waals surface area contributed by atoms with Gasteiger partial charge in [0.15, 0.2) is 0 Å². The number of benzene rings is 2. The smallest absolute Gasteiger partial charge is 0.266 e. The van der Waals surface area contributed by atoms with Crippen molar-refractivity contribution in [2.75, 3.05) is 13.2 Å². The molecule has 1 N–H and O–H groups in total. The van der Waals surface area contributed by atoms with Crippen LogP contribution in [0.5, 0.6) is 5.75 Å². The minimum absolute atomic E-state index is 0.112. The molecular formula is C26H26N4O3S. The molecule has 0 aliphatic carbocycles. The van der Waals surface area contributed by atoms with E-state index in [1.807, 2.05) is 68.4 Å². The van der Waals surface area contributed by atoms with Gasteiger partial charge in [-0.15, -0.1) is 11.3 Å². The lowest BCUT2D eigenvalue weighted by Crippen LogP contribution is -2.32. The van der Waals surface area contributed by atoms with E-state index in [-0.39, 0.29) is 24.4 Å². The standard InChI is InChI=1S/C26H26N4O3S/c1-3-33-21-11-9-19(10-12-21)17-23(31)27-15-16-30-24(32)14-13-22(29-30)25-18(2)28-26(34-25)20-7-5-4-6-8-20/h4-14H,3,15-17H2,1-2H3,(H,27,31). The van der Waals surface area contributed by atoms with Gasteiger partial charge in [-0.1, -0.05) is 42.5 Å². The Labute approximate surface area is 202 Å². The van der Waals surface area contributed by atoms with E-state index in [0.29, 0.717) is 18.8 Å². The average Bonchev–Trinajstić information content (AvgIpc) is 3.24. The molecule has 1 amide bonds. The number of rotatable bonds is 9. The zero-order chi connectivity index (χ0) is 23.9. The van der Waals surface area contributed by atoms with Crippen LogP contribution in [0.2, 0.25) is 0 Å². The third-order valence-corrected chi connectivity index (χ3v) is 6.39. The highest BCUT2D eigenvalue weighted by Gasteiger charge is 2.14. The summed E-state index contributed by atoms with van der Waals surface area (Å²) in [6, 6.07) is 20.7. The van der Waals surface area contributed by atoms with Crippen molar-refractivity contribution in [2.45, 2.75) is 26.8 Å². The van der Waals surface area contributed by atoms with Gasteiger partial charge in [-0.2, -0.15) is 5.10 Å². The van der Waals surface area contributed by atoms with Crippen molar-refractivity contribution in [2.24, 2.45) is 0 Å². The summed E-state index contributed by atoms with van der Waals surface area (Å²) in [5, 5.41) is 8.30. The number of carbonyl (C=O) groups is 1. The molecule has 0 aliphatic rings. The van der Waals surface area contributed by atoms with Crippen LogP contribution in [0.15, 0.2) is 71.5 Å². The molecule has 2 aromatic heterocycles. The zero-order valence-corrected chi connectivity index (χ0v) is 20.0. The summed E-state index contributed by atoms with van der Waals surface area (Å²) in [7, 11) is 0. The molecular weight excluding hydrogens is 448 g/mol. The second-order valence-electron chi connectivity index (χ2n) is 7.68. The summed E-state index contributed by atoms with van der Waals surface area (Å²) in [5.41, 5.74) is 3.29. The highest BCUT2D eigenvalue weighted by atomic mass is 32.1. The third-order valence-electron chi connectivity index (χ3n) is 5.16. The van der Waals surface area contributed by atoms with Crippen molar-refractivity contribution in [3.05, 3.63) is 88.3 Å². The molecule has 0 atom stereocenters. The summed E-state index contributed by atoms with van der Waals surface area (Å²) in [6.07, 6.45) is 0.261. The maximum Gasteiger partial charge on any atom is 0.266 e. The summed E-state index contributed by atoms with van der Waals surface area (Å²) in [5.74, 6) is 0.670. The Kier molecular flexibility index (Phi) is 7.49. The Balaban J connectivity index is 1.39. The Morgan fingerprint density at radius 3 is 2.56 bits per heavy atom. The van der Waals surface area contributed by atoms with Crippen LogP contribution in [0, 0.1) is 6.92 Å². The van der Waals surface area contributed by atoms with Crippen molar-refractivity contribution < 1.29 is 9.53 Å². The molecule has 4 aromatic rings. The second kappa shape index (κ2) is 10.9. The van der Waals surface area contributed by atoms with Crippen molar-refractivity contribution in [1.29, 1.82) is 0 Å². The molecule has 0 fully saturated rings. The van der Waals surface area contributed by atoms with E-state index >= 15 is 0 Å². The van der Waals surface area contributed by atoms with Crippen molar-refractivity contribution in [3.63, 3.8) is 0 Å². The summed E-state index contributed by atoms with van der Waals surface area (Å²) >= 11 is 1.55. The quantitative estimate of drug-likeness (QED) is 0.395. The van der Waals surface area contributed by atoms with Gasteiger partial charge in [0.1, 0.15) is 16.5 Å². The van der Waals surface area contributed by atoms with Gasteiger partial charge >= 0.3 is 0 Å². The number of hydrogen-bond acceptors (Lipinski definition) is 6. The molecule has 34 heavy (non-hydrogen) atoms. The highest BCUT2D eigenvalue weighted by molar-refractivity contribution is 7.18. The molecule has 0 aliphatic heterocycles. The molecule has 8 heteroatoms. The molecule has 0 bridgehead atoms. The fraction of sp³-hybridized carbons (Fsp3) is 0.231. The van der Waals surface area contributed by atoms with Crippen molar-refractivity contribution in [3.8, 4) is 26.9 Å². The number of nitrogens with zero attached hydrogens (tertiary/aromatic N) is 3. The zero-order valence-electron chi connectivity index (χ0n) is 19.2. The first-order valence-electron chi connectivity index (χ1n) is 11.1. The van der Waals surface area contributed by atoms with Gasteiger partial charge < -0.3 is 10.1 Å². The number of ether oxygens (including phenoxy) is 1. The molecule has 0 saturated carbocycles. The SMILES string of the molecule is CCOc1ccc(CC(=O)NCCn2nc(-c3sc(-c4ccccc4)nc3C)ccc2=O)cc1. The fourth-order valence-electron chi connectivity index (χ4n) is 3.49. The number of carbonyl (C=O) groups excluding carboxylic acids is 1. The minimum atomic E-state index is -0.213. The monoisotopic (exact) mass is 474 g/mol. The van der Waals surface area contributed by atoms with E-state index in [1.165, 1.54) is 10.7 Å². The number of thiazole rings is 1. The predicted molar refractivity (Wildman–Crippen MR) is 134 cm³/mol. The third kappa shape index (κ3) is 5.77. The lowest BCUT2D eigenvalue weighted by molar-refractivity contribution is -0.120. The first kappa shape index (κ1) is 23.4. The van der Waals surface area contributed by atoms with Crippen LogP contribution >= 0.6 is 11.3 Å². The van der Waals surface area contributed by atoms with E-state index in [0.717, 1.165) is 32.5 Å². The van der Waals surface area contributed by atoms with Crippen LogP contribution in [0.4, 0.5) is 0 Å². The van der Waals surface area contributed by atoms with Gasteiger partial charge in [-0.25, -0.2) is 9.67 Å². The molecule has 0 spiro atoms. The van der Waals surface area contributed by atoms with Gasteiger partial charge in [0.2, 0.25) is 5.91 Å². The first-order chi connectivity index (χ1) is 16.5. The van der Waals surface area contributed by atoms with Crippen LogP contribution in [0.3, 0.4) is 0 Å². The maximum atomic E-state index is 12.3. The number of aromatic nitrogens is 3. The van der Waals surface area contributed by atoms with Crippen molar-refractivity contribution in [1.82, 2.24) is 20.1 Å². The maximum absolute atomic E-state index is 12.3. The molecule has 0 unspecified atom stereocenters. The summed E-state index contributed by atoms with van der Waals surface area (Å²) in [4.78, 5) is 30.2. The summed E-state index contributed by atoms with van der Waals surface area (Å²) in [6.45, 7) is 5.06. The van der Waals surface area contributed by atoms with E-state index in [1.54, 1.807) is 17.4 Å². The van der Waals surface area contributed by atoms with Crippen LogP contribution in [-0.4, -0.2) is 33.8 Å². The first-order valence-corrected chi connectivity index (χ1v) is 11.9. The lowest BCUT2D eigenvalue weighted by Gasteiger charge is -2.09. The number of amides is 1. The Bertz CT molecular complexity index is 1310. The van der Waals surface area contributed by atoms with E-state index in [2.05, 4.69) is 15.4 Å². The van der Waals surface area contributed by atoms with Gasteiger partial charge in [-0.3, -0.25) is 9.59 Å². The molecule has 2 heterocycles. The van der Waals surface area contributed by atoms with Crippen LogP contribution in [0.1, 0.15) is 18.2 Å².